The Balaban J connectivity index is 2.15. The van der Waals surface area contributed by atoms with Gasteiger partial charge in [-0.1, -0.05) is 13.0 Å². The topological polar surface area (TPSA) is 35.5 Å². The normalized spacial score (nSPS) is 19.4. The highest BCUT2D eigenvalue weighted by molar-refractivity contribution is 5.54. The number of halogens is 1. The van der Waals surface area contributed by atoms with Gasteiger partial charge < -0.3 is 15.3 Å². The summed E-state index contributed by atoms with van der Waals surface area (Å²) in [7, 11) is 0. The molecule has 4 heteroatoms. The van der Waals surface area contributed by atoms with Crippen LogP contribution in [-0.4, -0.2) is 31.3 Å². The Morgan fingerprint density at radius 2 is 2.30 bits per heavy atom. The maximum absolute atomic E-state index is 14.1. The minimum atomic E-state index is -0.141. The molecule has 2 rings (SSSR count). The van der Waals surface area contributed by atoms with Crippen molar-refractivity contribution in [3.05, 3.63) is 29.6 Å². The Hall–Kier alpha value is -1.13. The van der Waals surface area contributed by atoms with Crippen LogP contribution in [0.15, 0.2) is 18.2 Å². The van der Waals surface area contributed by atoms with Crippen molar-refractivity contribution >= 4 is 5.69 Å². The van der Waals surface area contributed by atoms with Gasteiger partial charge in [-0.15, -0.1) is 0 Å². The van der Waals surface area contributed by atoms with Crippen LogP contribution in [0.5, 0.6) is 0 Å². The van der Waals surface area contributed by atoms with Crippen molar-refractivity contribution in [1.29, 1.82) is 0 Å². The number of piperidine rings is 1. The number of nitrogens with zero attached hydrogens (tertiary/aromatic N) is 1. The van der Waals surface area contributed by atoms with Gasteiger partial charge in [0.1, 0.15) is 5.82 Å². The molecule has 1 unspecified atom stereocenters. The zero-order valence-electron chi connectivity index (χ0n) is 12.2. The van der Waals surface area contributed by atoms with E-state index in [9.17, 15) is 9.50 Å². The summed E-state index contributed by atoms with van der Waals surface area (Å²) in [4.78, 5) is 2.22. The van der Waals surface area contributed by atoms with E-state index >= 15 is 0 Å². The zero-order chi connectivity index (χ0) is 14.4. The van der Waals surface area contributed by atoms with Crippen LogP contribution in [0.4, 0.5) is 10.1 Å². The van der Waals surface area contributed by atoms with E-state index in [-0.39, 0.29) is 12.4 Å². The van der Waals surface area contributed by atoms with Crippen molar-refractivity contribution in [2.45, 2.75) is 32.7 Å². The number of rotatable bonds is 6. The van der Waals surface area contributed by atoms with Gasteiger partial charge in [0.25, 0.3) is 0 Å². The van der Waals surface area contributed by atoms with Crippen LogP contribution in [0.1, 0.15) is 31.7 Å². The molecular formula is C16H25FN2O. The van der Waals surface area contributed by atoms with Crippen molar-refractivity contribution in [2.75, 3.05) is 31.1 Å². The van der Waals surface area contributed by atoms with E-state index in [1.165, 1.54) is 6.07 Å². The number of aliphatic hydroxyl groups excluding tert-OH is 1. The minimum Gasteiger partial charge on any atom is -0.396 e. The minimum absolute atomic E-state index is 0.141. The highest BCUT2D eigenvalue weighted by Crippen LogP contribution is 2.28. The lowest BCUT2D eigenvalue weighted by molar-refractivity contribution is 0.208. The molecule has 1 atom stereocenters. The Bertz CT molecular complexity index is 425. The molecule has 0 saturated carbocycles. The fourth-order valence-corrected chi connectivity index (χ4v) is 2.84. The predicted octanol–water partition coefficient (Wildman–Crippen LogP) is 2.53. The van der Waals surface area contributed by atoms with Gasteiger partial charge >= 0.3 is 0 Å². The van der Waals surface area contributed by atoms with Gasteiger partial charge in [-0.3, -0.25) is 0 Å². The summed E-state index contributed by atoms with van der Waals surface area (Å²) in [6.45, 7) is 5.55. The van der Waals surface area contributed by atoms with Crippen LogP contribution >= 0.6 is 0 Å². The lowest BCUT2D eigenvalue weighted by Crippen LogP contribution is -2.37. The summed E-state index contributed by atoms with van der Waals surface area (Å²) in [5.41, 5.74) is 1.73. The maximum atomic E-state index is 14.1. The van der Waals surface area contributed by atoms with Crippen molar-refractivity contribution in [1.82, 2.24) is 5.32 Å². The second kappa shape index (κ2) is 7.60. The third kappa shape index (κ3) is 3.70. The summed E-state index contributed by atoms with van der Waals surface area (Å²) in [5, 5.41) is 12.6. The Kier molecular flexibility index (Phi) is 5.80. The fourth-order valence-electron chi connectivity index (χ4n) is 2.84. The largest absolute Gasteiger partial charge is 0.396 e. The average molecular weight is 280 g/mol. The first-order valence-corrected chi connectivity index (χ1v) is 7.60. The van der Waals surface area contributed by atoms with E-state index in [0.29, 0.717) is 12.5 Å². The van der Waals surface area contributed by atoms with Gasteiger partial charge in [-0.25, -0.2) is 4.39 Å². The smallest absolute Gasteiger partial charge is 0.129 e. The summed E-state index contributed by atoms with van der Waals surface area (Å²) >= 11 is 0. The van der Waals surface area contributed by atoms with E-state index in [1.807, 2.05) is 6.07 Å². The molecule has 1 aliphatic heterocycles. The molecule has 1 heterocycles. The van der Waals surface area contributed by atoms with Gasteiger partial charge in [0, 0.05) is 37.5 Å². The molecule has 2 N–H and O–H groups in total. The summed E-state index contributed by atoms with van der Waals surface area (Å²) in [6, 6.07) is 5.29. The molecule has 0 aliphatic carbocycles. The SMILES string of the molecule is CCCNCc1c(F)cccc1N1CCCC(CO)C1. The van der Waals surface area contributed by atoms with Gasteiger partial charge in [0.2, 0.25) is 0 Å². The first kappa shape index (κ1) is 15.3. The molecule has 0 bridgehead atoms. The number of hydrogen-bond acceptors (Lipinski definition) is 3. The van der Waals surface area contributed by atoms with E-state index in [2.05, 4.69) is 17.1 Å². The molecule has 0 aromatic heterocycles. The Morgan fingerprint density at radius 3 is 3.05 bits per heavy atom. The van der Waals surface area contributed by atoms with E-state index < -0.39 is 0 Å². The molecule has 1 aromatic rings. The summed E-state index contributed by atoms with van der Waals surface area (Å²) < 4.78 is 14.1. The fraction of sp³-hybridized carbons (Fsp3) is 0.625. The van der Waals surface area contributed by atoms with E-state index in [1.54, 1.807) is 6.07 Å². The lowest BCUT2D eigenvalue weighted by Gasteiger charge is -2.35. The van der Waals surface area contributed by atoms with E-state index in [4.69, 9.17) is 0 Å². The Labute approximate surface area is 120 Å². The number of hydrogen-bond donors (Lipinski definition) is 2. The number of benzene rings is 1. The first-order chi connectivity index (χ1) is 9.76. The van der Waals surface area contributed by atoms with Crippen LogP contribution in [0.25, 0.3) is 0 Å². The Morgan fingerprint density at radius 1 is 1.45 bits per heavy atom. The average Bonchev–Trinajstić information content (AvgIpc) is 2.49. The third-order valence-corrected chi connectivity index (χ3v) is 3.94. The van der Waals surface area contributed by atoms with Crippen molar-refractivity contribution < 1.29 is 9.50 Å². The number of anilines is 1. The highest BCUT2D eigenvalue weighted by Gasteiger charge is 2.22. The zero-order valence-corrected chi connectivity index (χ0v) is 12.2. The second-order valence-electron chi connectivity index (χ2n) is 5.55. The number of aliphatic hydroxyl groups is 1. The van der Waals surface area contributed by atoms with E-state index in [0.717, 1.165) is 50.1 Å². The second-order valence-corrected chi connectivity index (χ2v) is 5.55. The summed E-state index contributed by atoms with van der Waals surface area (Å²) in [5.74, 6) is 0.167. The van der Waals surface area contributed by atoms with Crippen LogP contribution in [0, 0.1) is 11.7 Å². The molecule has 3 nitrogen and oxygen atoms in total. The van der Waals surface area contributed by atoms with Gasteiger partial charge in [-0.05, 0) is 43.9 Å². The van der Waals surface area contributed by atoms with Crippen LogP contribution in [0.3, 0.4) is 0 Å². The highest BCUT2D eigenvalue weighted by atomic mass is 19.1. The summed E-state index contributed by atoms with van der Waals surface area (Å²) in [6.07, 6.45) is 3.16. The standard InChI is InChI=1S/C16H25FN2O/c1-2-8-18-10-14-15(17)6-3-7-16(14)19-9-4-5-13(11-19)12-20/h3,6-7,13,18,20H,2,4-5,8-12H2,1H3. The molecular weight excluding hydrogens is 255 g/mol. The molecule has 0 radical (unpaired) electrons. The molecule has 1 aromatic carbocycles. The van der Waals surface area contributed by atoms with Crippen LogP contribution < -0.4 is 10.2 Å². The molecule has 0 spiro atoms. The molecule has 112 valence electrons. The van der Waals surface area contributed by atoms with Crippen molar-refractivity contribution in [2.24, 2.45) is 5.92 Å². The van der Waals surface area contributed by atoms with Crippen LogP contribution in [-0.2, 0) is 6.54 Å². The monoisotopic (exact) mass is 280 g/mol. The third-order valence-electron chi connectivity index (χ3n) is 3.94. The van der Waals surface area contributed by atoms with Gasteiger partial charge in [0.05, 0.1) is 0 Å². The molecule has 1 saturated heterocycles. The molecule has 1 fully saturated rings. The van der Waals surface area contributed by atoms with Crippen molar-refractivity contribution in [3.8, 4) is 0 Å². The number of nitrogens with one attached hydrogen (secondary N) is 1. The first-order valence-electron chi connectivity index (χ1n) is 7.60. The van der Waals surface area contributed by atoms with Crippen molar-refractivity contribution in [3.63, 3.8) is 0 Å². The maximum Gasteiger partial charge on any atom is 0.129 e. The van der Waals surface area contributed by atoms with Crippen LogP contribution in [0.2, 0.25) is 0 Å². The predicted molar refractivity (Wildman–Crippen MR) is 80.4 cm³/mol. The quantitative estimate of drug-likeness (QED) is 0.786. The van der Waals surface area contributed by atoms with Gasteiger partial charge in [-0.2, -0.15) is 0 Å². The molecule has 0 amide bonds. The lowest BCUT2D eigenvalue weighted by atomic mass is 9.97. The molecule has 1 aliphatic rings. The van der Waals surface area contributed by atoms with Gasteiger partial charge in [0.15, 0.2) is 0 Å². The molecule has 20 heavy (non-hydrogen) atoms.